The zero-order valence-electron chi connectivity index (χ0n) is 66.2. The number of phosphoric acid groups is 2. The van der Waals surface area contributed by atoms with Crippen LogP contribution in [0.2, 0.25) is 0 Å². The third-order valence-electron chi connectivity index (χ3n) is 18.9. The number of phosphoric ester groups is 2. The molecule has 0 spiro atoms. The van der Waals surface area contributed by atoms with Gasteiger partial charge in [0, 0.05) is 25.7 Å². The van der Waals surface area contributed by atoms with Gasteiger partial charge in [-0.3, -0.25) is 37.3 Å². The van der Waals surface area contributed by atoms with Crippen LogP contribution < -0.4 is 0 Å². The van der Waals surface area contributed by atoms with Gasteiger partial charge in [-0.1, -0.05) is 367 Å². The van der Waals surface area contributed by atoms with Gasteiger partial charge in [0.05, 0.1) is 26.4 Å². The van der Waals surface area contributed by atoms with Crippen molar-refractivity contribution >= 4 is 39.5 Å². The van der Waals surface area contributed by atoms with Crippen LogP contribution in [0, 0.1) is 5.92 Å². The summed E-state index contributed by atoms with van der Waals surface area (Å²) in [7, 11) is -9.93. The quantitative estimate of drug-likeness (QED) is 0.0169. The summed E-state index contributed by atoms with van der Waals surface area (Å²) in [5.74, 6) is -1.34. The number of unbranched alkanes of at least 4 members (excludes halogenated alkanes) is 50. The summed E-state index contributed by atoms with van der Waals surface area (Å²) >= 11 is 0. The summed E-state index contributed by atoms with van der Waals surface area (Å²) in [6.07, 6.45) is 70.1. The second-order valence-corrected chi connectivity index (χ2v) is 32.6. The van der Waals surface area contributed by atoms with E-state index in [0.717, 1.165) is 109 Å². The van der Waals surface area contributed by atoms with Crippen molar-refractivity contribution in [3.63, 3.8) is 0 Å². The first kappa shape index (κ1) is 99.5. The van der Waals surface area contributed by atoms with Gasteiger partial charge in [-0.25, -0.2) is 9.13 Å². The molecular formula is C83H158O17P2. The highest BCUT2D eigenvalue weighted by molar-refractivity contribution is 7.47. The summed E-state index contributed by atoms with van der Waals surface area (Å²) in [5, 5.41) is 10.7. The van der Waals surface area contributed by atoms with Crippen LogP contribution in [0.5, 0.6) is 0 Å². The molecule has 0 aromatic rings. The van der Waals surface area contributed by atoms with Crippen LogP contribution in [-0.2, 0) is 65.4 Å². The fourth-order valence-electron chi connectivity index (χ4n) is 12.4. The molecule has 0 aliphatic carbocycles. The van der Waals surface area contributed by atoms with E-state index < -0.39 is 97.5 Å². The molecule has 5 atom stereocenters. The molecule has 0 amide bonds. The molecule has 0 fully saturated rings. The Morgan fingerprint density at radius 2 is 0.529 bits per heavy atom. The lowest BCUT2D eigenvalue weighted by Crippen LogP contribution is -2.30. The Morgan fingerprint density at radius 1 is 0.304 bits per heavy atom. The maximum absolute atomic E-state index is 13.1. The fraction of sp³-hybridized carbons (Fsp3) is 0.904. The molecule has 2 unspecified atom stereocenters. The Balaban J connectivity index is 5.27. The van der Waals surface area contributed by atoms with Gasteiger partial charge in [0.2, 0.25) is 0 Å². The van der Waals surface area contributed by atoms with Crippen LogP contribution in [-0.4, -0.2) is 96.7 Å². The Morgan fingerprint density at radius 3 is 0.804 bits per heavy atom. The fourth-order valence-corrected chi connectivity index (χ4v) is 14.0. The molecule has 602 valence electrons. The van der Waals surface area contributed by atoms with E-state index in [9.17, 15) is 43.2 Å². The highest BCUT2D eigenvalue weighted by atomic mass is 31.2. The molecule has 0 aromatic carbocycles. The van der Waals surface area contributed by atoms with Crippen molar-refractivity contribution in [1.82, 2.24) is 0 Å². The number of esters is 4. The SMILES string of the molecule is CCCCCC/C=C\C=C/CCCCCCCC(=O)O[C@H](COC(=O)CCCCCCCCCCCCC)COP(=O)(O)OC[C@H](O)COP(=O)(O)OC[C@@H](COC(=O)CCCCCCCCCCCCCCCC(C)C)OC(=O)CCCCCCCCCCCCCCCCCCCCCC. The lowest BCUT2D eigenvalue weighted by atomic mass is 10.0. The number of aliphatic hydroxyl groups excluding tert-OH is 1. The highest BCUT2D eigenvalue weighted by Gasteiger charge is 2.30. The molecule has 0 saturated carbocycles. The second-order valence-electron chi connectivity index (χ2n) is 29.7. The molecule has 19 heteroatoms. The maximum atomic E-state index is 13.1. The van der Waals surface area contributed by atoms with Crippen molar-refractivity contribution in [3.8, 4) is 0 Å². The van der Waals surface area contributed by atoms with E-state index in [1.807, 2.05) is 0 Å². The monoisotopic (exact) mass is 1490 g/mol. The Kier molecular flexibility index (Phi) is 73.5. The van der Waals surface area contributed by atoms with E-state index in [1.54, 1.807) is 0 Å². The maximum Gasteiger partial charge on any atom is 0.472 e. The van der Waals surface area contributed by atoms with E-state index in [2.05, 4.69) is 58.9 Å². The Bertz CT molecular complexity index is 2040. The normalized spacial score (nSPS) is 14.0. The third kappa shape index (κ3) is 75.8. The highest BCUT2D eigenvalue weighted by Crippen LogP contribution is 2.45. The number of hydrogen-bond acceptors (Lipinski definition) is 15. The molecule has 0 rings (SSSR count). The van der Waals surface area contributed by atoms with E-state index >= 15 is 0 Å². The van der Waals surface area contributed by atoms with Crippen LogP contribution >= 0.6 is 15.6 Å². The molecular weight excluding hydrogens is 1330 g/mol. The van der Waals surface area contributed by atoms with Crippen molar-refractivity contribution in [2.75, 3.05) is 39.6 Å². The summed E-state index contributed by atoms with van der Waals surface area (Å²) in [5.41, 5.74) is 0. The van der Waals surface area contributed by atoms with Crippen LogP contribution in [0.25, 0.3) is 0 Å². The minimum atomic E-state index is -4.97. The van der Waals surface area contributed by atoms with Gasteiger partial charge < -0.3 is 33.8 Å². The first-order chi connectivity index (χ1) is 49.5. The van der Waals surface area contributed by atoms with Crippen LogP contribution in [0.15, 0.2) is 24.3 Å². The average molecular weight is 1490 g/mol. The molecule has 0 aromatic heterocycles. The van der Waals surface area contributed by atoms with Gasteiger partial charge in [0.1, 0.15) is 19.3 Å². The standard InChI is InChI=1S/C83H158O17P2/c1-6-9-12-15-18-21-24-26-28-29-30-31-32-34-38-44-49-54-59-64-69-83(88)100-79(73-94-81(86)67-62-57-52-47-42-39-35-36-41-45-50-55-60-65-76(4)5)75-98-102(91,92)96-71-77(84)70-95-101(89,90)97-74-78(72-93-80(85)66-61-56-51-46-40-23-20-17-14-11-8-3)99-82(87)68-63-58-53-48-43-37-33-27-25-22-19-16-13-10-7-2/h22,25,27,33,76-79,84H,6-21,23-24,26,28-32,34-75H2,1-5H3,(H,89,90)(H,91,92)/b25-22-,33-27-/t77-,78+,79+/m0/s1. The minimum Gasteiger partial charge on any atom is -0.462 e. The second kappa shape index (κ2) is 75.4. The van der Waals surface area contributed by atoms with Crippen molar-refractivity contribution < 1.29 is 80.2 Å². The molecule has 0 heterocycles. The summed E-state index contributed by atoms with van der Waals surface area (Å²) in [6.45, 7) is 7.29. The van der Waals surface area contributed by atoms with Crippen LogP contribution in [0.4, 0.5) is 0 Å². The molecule has 0 aliphatic heterocycles. The van der Waals surface area contributed by atoms with Gasteiger partial charge in [-0.15, -0.1) is 0 Å². The van der Waals surface area contributed by atoms with E-state index in [-0.39, 0.29) is 25.7 Å². The first-order valence-electron chi connectivity index (χ1n) is 42.5. The average Bonchev–Trinajstić information content (AvgIpc) is 0.933. The third-order valence-corrected chi connectivity index (χ3v) is 20.8. The number of allylic oxidation sites excluding steroid dienone is 4. The largest absolute Gasteiger partial charge is 0.472 e. The first-order valence-corrected chi connectivity index (χ1v) is 45.4. The zero-order chi connectivity index (χ0) is 74.8. The number of hydrogen-bond donors (Lipinski definition) is 3. The van der Waals surface area contributed by atoms with Crippen molar-refractivity contribution in [3.05, 3.63) is 24.3 Å². The Hall–Kier alpha value is -2.46. The van der Waals surface area contributed by atoms with E-state index in [1.165, 1.54) is 231 Å². The predicted octanol–water partition coefficient (Wildman–Crippen LogP) is 24.8. The van der Waals surface area contributed by atoms with Gasteiger partial charge in [-0.05, 0) is 57.3 Å². The smallest absolute Gasteiger partial charge is 0.462 e. The summed E-state index contributed by atoms with van der Waals surface area (Å²) in [4.78, 5) is 73.1. The van der Waals surface area contributed by atoms with Gasteiger partial charge in [-0.2, -0.15) is 0 Å². The molecule has 3 N–H and O–H groups in total. The van der Waals surface area contributed by atoms with E-state index in [4.69, 9.17) is 37.0 Å². The number of ether oxygens (including phenoxy) is 4. The summed E-state index contributed by atoms with van der Waals surface area (Å²) in [6, 6.07) is 0. The molecule has 0 aliphatic rings. The molecule has 0 radical (unpaired) electrons. The predicted molar refractivity (Wildman–Crippen MR) is 418 cm³/mol. The topological polar surface area (TPSA) is 237 Å². The molecule has 17 nitrogen and oxygen atoms in total. The molecule has 0 bridgehead atoms. The lowest BCUT2D eigenvalue weighted by Gasteiger charge is -2.21. The lowest BCUT2D eigenvalue weighted by molar-refractivity contribution is -0.161. The zero-order valence-corrected chi connectivity index (χ0v) is 68.0. The van der Waals surface area contributed by atoms with Gasteiger partial charge in [0.15, 0.2) is 12.2 Å². The molecule has 0 saturated heterocycles. The number of aliphatic hydroxyl groups is 1. The van der Waals surface area contributed by atoms with Gasteiger partial charge in [0.25, 0.3) is 0 Å². The van der Waals surface area contributed by atoms with Crippen molar-refractivity contribution in [2.45, 2.75) is 438 Å². The Labute approximate surface area is 624 Å². The number of carbonyl (C=O) groups is 4. The number of carbonyl (C=O) groups excluding carboxylic acids is 4. The van der Waals surface area contributed by atoms with E-state index in [0.29, 0.717) is 25.7 Å². The molecule has 102 heavy (non-hydrogen) atoms. The van der Waals surface area contributed by atoms with Gasteiger partial charge >= 0.3 is 39.5 Å². The van der Waals surface area contributed by atoms with Crippen LogP contribution in [0.3, 0.4) is 0 Å². The van der Waals surface area contributed by atoms with Crippen molar-refractivity contribution in [2.24, 2.45) is 5.92 Å². The van der Waals surface area contributed by atoms with Crippen LogP contribution in [0.1, 0.15) is 420 Å². The summed E-state index contributed by atoms with van der Waals surface area (Å²) < 4.78 is 68.7. The van der Waals surface area contributed by atoms with Crippen molar-refractivity contribution in [1.29, 1.82) is 0 Å². The number of rotatable bonds is 81. The minimum absolute atomic E-state index is 0.0857.